The summed E-state index contributed by atoms with van der Waals surface area (Å²) in [5, 5.41) is 25.2. The van der Waals surface area contributed by atoms with Gasteiger partial charge in [-0.05, 0) is 43.5 Å². The number of piperidine rings is 2. The van der Waals surface area contributed by atoms with Crippen LogP contribution in [0.25, 0.3) is 22.4 Å². The molecular formula is C34H32N8O6. The van der Waals surface area contributed by atoms with Crippen LogP contribution in [0.5, 0.6) is 11.5 Å². The summed E-state index contributed by atoms with van der Waals surface area (Å²) < 4.78 is 7.84. The highest BCUT2D eigenvalue weighted by molar-refractivity contribution is 6.05. The highest BCUT2D eigenvalue weighted by Gasteiger charge is 2.48. The third-order valence-corrected chi connectivity index (χ3v) is 10.0. The summed E-state index contributed by atoms with van der Waals surface area (Å²) in [7, 11) is 0. The van der Waals surface area contributed by atoms with Gasteiger partial charge < -0.3 is 25.4 Å². The summed E-state index contributed by atoms with van der Waals surface area (Å²) in [6.07, 6.45) is 5.27. The van der Waals surface area contributed by atoms with Crippen molar-refractivity contribution in [3.8, 4) is 33.9 Å². The number of nitrogens with two attached hydrogens (primary N) is 1. The fraction of sp³-hybridized carbons (Fsp3) is 0.324. The number of para-hydroxylation sites is 1. The molecule has 0 aliphatic carbocycles. The average Bonchev–Trinajstić information content (AvgIpc) is 3.78. The van der Waals surface area contributed by atoms with Gasteiger partial charge in [-0.25, -0.2) is 0 Å². The Morgan fingerprint density at radius 2 is 1.88 bits per heavy atom. The second-order valence-electron chi connectivity index (χ2n) is 12.8. The van der Waals surface area contributed by atoms with Crippen LogP contribution in [0.1, 0.15) is 47.2 Å². The van der Waals surface area contributed by atoms with Gasteiger partial charge in [0.2, 0.25) is 17.7 Å². The molecular weight excluding hydrogens is 616 g/mol. The largest absolute Gasteiger partial charge is 0.507 e. The van der Waals surface area contributed by atoms with E-state index in [9.17, 15) is 24.3 Å². The molecule has 4 N–H and O–H groups in total. The van der Waals surface area contributed by atoms with E-state index in [-0.39, 0.29) is 54.2 Å². The van der Waals surface area contributed by atoms with Crippen LogP contribution in [0, 0.1) is 0 Å². The Labute approximate surface area is 274 Å². The molecule has 8 rings (SSSR count). The van der Waals surface area contributed by atoms with Crippen LogP contribution >= 0.6 is 0 Å². The quantitative estimate of drug-likeness (QED) is 0.270. The molecule has 0 saturated carbocycles. The van der Waals surface area contributed by atoms with Gasteiger partial charge in [0.05, 0.1) is 25.0 Å². The minimum atomic E-state index is -0.686. The standard InChI is InChI=1S/C34H32N8O6/c35-31-22(13-25(38-39-31)21-3-1-2-4-27(21)43)19-14-36-41(15-19)17-29(45)40-11-9-34(10-12-40)18-48-30-23-16-42(26-7-8-28(44)37-32(26)46)33(47)20(23)5-6-24(30)34/h1-6,13-15,26,43H,7-12,16-18H2,(H2,35,39)(H,37,44,46). The lowest BCUT2D eigenvalue weighted by Crippen LogP contribution is -2.52. The molecule has 2 aromatic heterocycles. The van der Waals surface area contributed by atoms with Gasteiger partial charge in [-0.15, -0.1) is 10.2 Å². The van der Waals surface area contributed by atoms with Crippen molar-refractivity contribution in [1.82, 2.24) is 35.1 Å². The molecule has 14 nitrogen and oxygen atoms in total. The second kappa shape index (κ2) is 11.2. The van der Waals surface area contributed by atoms with Crippen molar-refractivity contribution < 1.29 is 29.0 Å². The number of aromatic nitrogens is 4. The van der Waals surface area contributed by atoms with Crippen molar-refractivity contribution in [3.63, 3.8) is 0 Å². The minimum Gasteiger partial charge on any atom is -0.507 e. The number of rotatable bonds is 5. The Morgan fingerprint density at radius 1 is 1.06 bits per heavy atom. The molecule has 1 spiro atoms. The number of fused-ring (bicyclic) bond motifs is 4. The number of hydrogen-bond acceptors (Lipinski definition) is 10. The number of anilines is 1. The zero-order valence-corrected chi connectivity index (χ0v) is 25.9. The van der Waals surface area contributed by atoms with Gasteiger partial charge in [0.25, 0.3) is 5.91 Å². The van der Waals surface area contributed by atoms with Crippen LogP contribution in [0.2, 0.25) is 0 Å². The number of nitrogens with one attached hydrogen (secondary N) is 1. The van der Waals surface area contributed by atoms with E-state index in [1.165, 1.54) is 4.90 Å². The first-order chi connectivity index (χ1) is 23.2. The summed E-state index contributed by atoms with van der Waals surface area (Å²) >= 11 is 0. The van der Waals surface area contributed by atoms with E-state index in [1.807, 2.05) is 17.0 Å². The summed E-state index contributed by atoms with van der Waals surface area (Å²) in [6.45, 7) is 1.85. The number of ether oxygens (including phenoxy) is 1. The predicted molar refractivity (Wildman–Crippen MR) is 170 cm³/mol. The fourth-order valence-electron chi connectivity index (χ4n) is 7.36. The number of amides is 4. The normalized spacial score (nSPS) is 19.7. The molecule has 4 aliphatic heterocycles. The molecule has 2 fully saturated rings. The average molecular weight is 649 g/mol. The summed E-state index contributed by atoms with van der Waals surface area (Å²) in [4.78, 5) is 54.2. The highest BCUT2D eigenvalue weighted by atomic mass is 16.5. The molecule has 244 valence electrons. The molecule has 4 amide bonds. The lowest BCUT2D eigenvalue weighted by molar-refractivity contribution is -0.137. The molecule has 48 heavy (non-hydrogen) atoms. The van der Waals surface area contributed by atoms with Crippen LogP contribution in [-0.2, 0) is 32.9 Å². The monoisotopic (exact) mass is 648 g/mol. The van der Waals surface area contributed by atoms with E-state index < -0.39 is 11.9 Å². The number of phenolic OH excluding ortho intramolecular Hbond substituents is 1. The fourth-order valence-corrected chi connectivity index (χ4v) is 7.36. The zero-order valence-electron chi connectivity index (χ0n) is 25.9. The molecule has 4 aliphatic rings. The SMILES string of the molecule is Nc1nnc(-c2ccccc2O)cc1-c1cnn(CC(=O)N2CCC3(CC2)COc2c3ccc3c2CN(C2CCC(=O)NC2=O)C3=O)c1. The maximum absolute atomic E-state index is 13.4. The van der Waals surface area contributed by atoms with Crippen molar-refractivity contribution >= 4 is 29.4 Å². The number of likely N-dealkylation sites (tertiary alicyclic amines) is 1. The number of nitrogens with zero attached hydrogens (tertiary/aromatic N) is 6. The maximum Gasteiger partial charge on any atom is 0.255 e. The first-order valence-corrected chi connectivity index (χ1v) is 15.9. The van der Waals surface area contributed by atoms with Gasteiger partial charge >= 0.3 is 0 Å². The molecule has 0 bridgehead atoms. The number of imide groups is 1. The predicted octanol–water partition coefficient (Wildman–Crippen LogP) is 2.01. The van der Waals surface area contributed by atoms with Crippen LogP contribution in [-0.4, -0.2) is 84.3 Å². The van der Waals surface area contributed by atoms with E-state index in [4.69, 9.17) is 10.5 Å². The Bertz CT molecular complexity index is 2020. The molecule has 1 unspecified atom stereocenters. The second-order valence-corrected chi connectivity index (χ2v) is 12.8. The van der Waals surface area contributed by atoms with Gasteiger partial charge in [-0.3, -0.25) is 29.2 Å². The van der Waals surface area contributed by atoms with E-state index in [0.29, 0.717) is 72.7 Å². The minimum absolute atomic E-state index is 0.0522. The van der Waals surface area contributed by atoms with E-state index in [2.05, 4.69) is 20.6 Å². The van der Waals surface area contributed by atoms with E-state index in [0.717, 1.165) is 11.1 Å². The number of nitrogen functional groups attached to an aromatic ring is 1. The molecule has 2 saturated heterocycles. The zero-order chi connectivity index (χ0) is 33.2. The first-order valence-electron chi connectivity index (χ1n) is 15.9. The summed E-state index contributed by atoms with van der Waals surface area (Å²) in [5.74, 6) is -0.0636. The van der Waals surface area contributed by atoms with E-state index in [1.54, 1.807) is 47.4 Å². The lowest BCUT2D eigenvalue weighted by Gasteiger charge is -2.38. The van der Waals surface area contributed by atoms with Crippen molar-refractivity contribution in [2.24, 2.45) is 0 Å². The van der Waals surface area contributed by atoms with Gasteiger partial charge in [-0.1, -0.05) is 18.2 Å². The molecule has 4 aromatic rings. The first kappa shape index (κ1) is 29.6. The maximum atomic E-state index is 13.4. The van der Waals surface area contributed by atoms with Crippen molar-refractivity contribution in [3.05, 3.63) is 71.5 Å². The number of phenols is 1. The molecule has 2 aromatic carbocycles. The number of benzene rings is 2. The van der Waals surface area contributed by atoms with Crippen LogP contribution in [0.4, 0.5) is 5.82 Å². The third kappa shape index (κ3) is 4.82. The Balaban J connectivity index is 0.935. The van der Waals surface area contributed by atoms with E-state index >= 15 is 0 Å². The third-order valence-electron chi connectivity index (χ3n) is 10.0. The van der Waals surface area contributed by atoms with Gasteiger partial charge in [0.15, 0.2) is 5.82 Å². The smallest absolute Gasteiger partial charge is 0.255 e. The Hall–Kier alpha value is -5.79. The van der Waals surface area contributed by atoms with Crippen LogP contribution < -0.4 is 15.8 Å². The lowest BCUT2D eigenvalue weighted by atomic mass is 9.74. The van der Waals surface area contributed by atoms with Gasteiger partial charge in [0, 0.05) is 64.5 Å². The Kier molecular flexibility index (Phi) is 6.89. The molecule has 1 atom stereocenters. The Morgan fingerprint density at radius 3 is 2.67 bits per heavy atom. The number of carbonyl (C=O) groups is 4. The highest BCUT2D eigenvalue weighted by Crippen LogP contribution is 2.49. The van der Waals surface area contributed by atoms with Crippen LogP contribution in [0.15, 0.2) is 54.9 Å². The molecule has 14 heteroatoms. The number of hydrogen-bond donors (Lipinski definition) is 3. The van der Waals surface area contributed by atoms with Crippen molar-refractivity contribution in [2.45, 2.75) is 50.2 Å². The molecule has 6 heterocycles. The van der Waals surface area contributed by atoms with Gasteiger partial charge in [-0.2, -0.15) is 5.10 Å². The van der Waals surface area contributed by atoms with Crippen molar-refractivity contribution in [2.75, 3.05) is 25.4 Å². The number of aromatic hydroxyl groups is 1. The van der Waals surface area contributed by atoms with Crippen molar-refractivity contribution in [1.29, 1.82) is 0 Å². The summed E-state index contributed by atoms with van der Waals surface area (Å²) in [5.41, 5.74) is 10.5. The summed E-state index contributed by atoms with van der Waals surface area (Å²) in [6, 6.07) is 11.7. The van der Waals surface area contributed by atoms with Gasteiger partial charge in [0.1, 0.15) is 24.1 Å². The topological polar surface area (TPSA) is 186 Å². The van der Waals surface area contributed by atoms with Crippen LogP contribution in [0.3, 0.4) is 0 Å². The number of carbonyl (C=O) groups excluding carboxylic acids is 4. The molecule has 0 radical (unpaired) electrons.